The quantitative estimate of drug-likeness (QED) is 0.439. The largest absolute Gasteiger partial charge is 0.494 e. The summed E-state index contributed by atoms with van der Waals surface area (Å²) in [6, 6.07) is 5.25. The highest BCUT2D eigenvalue weighted by Gasteiger charge is 2.38. The van der Waals surface area contributed by atoms with Crippen LogP contribution in [-0.4, -0.2) is 83.5 Å². The molecule has 3 atom stereocenters. The summed E-state index contributed by atoms with van der Waals surface area (Å²) in [7, 11) is -0.847. The molecule has 0 amide bonds. The van der Waals surface area contributed by atoms with E-state index in [1.807, 2.05) is 0 Å². The predicted molar refractivity (Wildman–Crippen MR) is 134 cm³/mol. The van der Waals surface area contributed by atoms with Gasteiger partial charge in [-0.3, -0.25) is 4.57 Å². The zero-order chi connectivity index (χ0) is 26.9. The van der Waals surface area contributed by atoms with Crippen molar-refractivity contribution in [2.24, 2.45) is 0 Å². The number of aliphatic hydroxyl groups is 1. The number of para-hydroxylation sites is 1. The monoisotopic (exact) mass is 548 g/mol. The van der Waals surface area contributed by atoms with Crippen molar-refractivity contribution in [1.82, 2.24) is 24.7 Å². The van der Waals surface area contributed by atoms with Gasteiger partial charge in [0.2, 0.25) is 5.95 Å². The molecule has 2 aliphatic heterocycles. The number of ether oxygens (including phenoxy) is 3. The van der Waals surface area contributed by atoms with Gasteiger partial charge in [-0.1, -0.05) is 6.07 Å². The van der Waals surface area contributed by atoms with Crippen molar-refractivity contribution in [1.29, 1.82) is 0 Å². The van der Waals surface area contributed by atoms with Gasteiger partial charge in [0.25, 0.3) is 0 Å². The summed E-state index contributed by atoms with van der Waals surface area (Å²) < 4.78 is 59.5. The Bertz CT molecular complexity index is 1360. The van der Waals surface area contributed by atoms with Gasteiger partial charge in [0.15, 0.2) is 27.3 Å². The number of sulfone groups is 1. The molecule has 0 unspecified atom stereocenters. The third-order valence-corrected chi connectivity index (χ3v) is 8.73. The Balaban J connectivity index is 1.51. The van der Waals surface area contributed by atoms with Crippen LogP contribution in [0.4, 0.5) is 10.3 Å². The first-order valence-electron chi connectivity index (χ1n) is 12.2. The highest BCUT2D eigenvalue weighted by atomic mass is 32.2. The van der Waals surface area contributed by atoms with E-state index in [4.69, 9.17) is 14.2 Å². The van der Waals surface area contributed by atoms with Crippen LogP contribution < -0.4 is 14.4 Å². The molecule has 0 spiro atoms. The van der Waals surface area contributed by atoms with Gasteiger partial charge in [-0.05, 0) is 31.4 Å². The molecule has 1 N–H and O–H groups in total. The Hall–Kier alpha value is -3.36. The van der Waals surface area contributed by atoms with Crippen LogP contribution in [0.15, 0.2) is 30.6 Å². The first-order valence-corrected chi connectivity index (χ1v) is 13.9. The number of hydrogen-bond acceptors (Lipinski definition) is 11. The van der Waals surface area contributed by atoms with Crippen molar-refractivity contribution in [2.45, 2.75) is 42.5 Å². The highest BCUT2D eigenvalue weighted by Crippen LogP contribution is 2.38. The number of piperidine rings is 1. The van der Waals surface area contributed by atoms with Crippen LogP contribution in [-0.2, 0) is 20.3 Å². The van der Waals surface area contributed by atoms with Crippen molar-refractivity contribution in [3.05, 3.63) is 48.1 Å². The van der Waals surface area contributed by atoms with E-state index in [0.717, 1.165) is 18.8 Å². The second kappa shape index (κ2) is 10.8. The van der Waals surface area contributed by atoms with Gasteiger partial charge in [-0.25, -0.2) is 22.8 Å². The van der Waals surface area contributed by atoms with Gasteiger partial charge >= 0.3 is 0 Å². The molecule has 3 aromatic rings. The fraction of sp³-hybridized carbons (Fsp3) is 0.500. The van der Waals surface area contributed by atoms with Crippen molar-refractivity contribution < 1.29 is 32.1 Å². The lowest BCUT2D eigenvalue weighted by Crippen LogP contribution is -2.49. The van der Waals surface area contributed by atoms with E-state index in [0.29, 0.717) is 36.0 Å². The van der Waals surface area contributed by atoms with E-state index >= 15 is 0 Å². The van der Waals surface area contributed by atoms with Crippen molar-refractivity contribution >= 4 is 15.8 Å². The maximum absolute atomic E-state index is 13.7. The summed E-state index contributed by atoms with van der Waals surface area (Å²) in [6.45, 7) is 0.737. The summed E-state index contributed by atoms with van der Waals surface area (Å²) in [5.41, 5.74) is 0.475. The smallest absolute Gasteiger partial charge is 0.225 e. The highest BCUT2D eigenvalue weighted by molar-refractivity contribution is 7.91. The van der Waals surface area contributed by atoms with Gasteiger partial charge in [0, 0.05) is 19.7 Å². The topological polar surface area (TPSA) is 142 Å². The van der Waals surface area contributed by atoms with E-state index in [-0.39, 0.29) is 37.4 Å². The van der Waals surface area contributed by atoms with Crippen LogP contribution in [0.2, 0.25) is 0 Å². The molecule has 2 aliphatic rings. The van der Waals surface area contributed by atoms with Crippen LogP contribution in [0.25, 0.3) is 5.69 Å². The third kappa shape index (κ3) is 5.15. The Morgan fingerprint density at radius 1 is 1.13 bits per heavy atom. The molecular formula is C24H29FN6O6S. The van der Waals surface area contributed by atoms with E-state index in [1.54, 1.807) is 27.7 Å². The molecular weight excluding hydrogens is 519 g/mol. The molecule has 0 saturated carbocycles. The number of benzene rings is 1. The standard InChI is InChI=1S/C24H29FN6O6S/c1-35-18-5-3-6-19(36-2)22(18)31-21(28-29-23(31)20-7-4-8-37-20)14-38(33,34)17-9-16(32)12-30(13-17)24-26-10-15(25)11-27-24/h3,5-6,10-11,16-17,20,32H,4,7-9,12-14H2,1-2H3/t16-,17+,20+/m1/s1. The van der Waals surface area contributed by atoms with Crippen LogP contribution in [0, 0.1) is 5.82 Å². The molecule has 0 bridgehead atoms. The van der Waals surface area contributed by atoms with Crippen molar-refractivity contribution in [3.63, 3.8) is 0 Å². The molecule has 12 nitrogen and oxygen atoms in total. The van der Waals surface area contributed by atoms with E-state index in [2.05, 4.69) is 20.2 Å². The number of rotatable bonds is 8. The number of halogens is 1. The predicted octanol–water partition coefficient (Wildman–Crippen LogP) is 1.62. The van der Waals surface area contributed by atoms with E-state index in [1.165, 1.54) is 14.2 Å². The molecule has 2 saturated heterocycles. The Kier molecular flexibility index (Phi) is 7.45. The zero-order valence-electron chi connectivity index (χ0n) is 21.0. The van der Waals surface area contributed by atoms with E-state index in [9.17, 15) is 17.9 Å². The van der Waals surface area contributed by atoms with Gasteiger partial charge in [0.1, 0.15) is 29.0 Å². The fourth-order valence-electron chi connectivity index (χ4n) is 4.93. The van der Waals surface area contributed by atoms with Crippen LogP contribution in [0.5, 0.6) is 11.5 Å². The molecule has 38 heavy (non-hydrogen) atoms. The maximum atomic E-state index is 13.7. The summed E-state index contributed by atoms with van der Waals surface area (Å²) in [6.07, 6.45) is 2.29. The Labute approximate surface area is 219 Å². The van der Waals surface area contributed by atoms with Crippen LogP contribution in [0.3, 0.4) is 0 Å². The second-order valence-corrected chi connectivity index (χ2v) is 11.5. The number of aromatic nitrogens is 5. The average Bonchev–Trinajstić information content (AvgIpc) is 3.58. The minimum Gasteiger partial charge on any atom is -0.494 e. The first-order chi connectivity index (χ1) is 18.3. The molecule has 4 heterocycles. The van der Waals surface area contributed by atoms with Crippen LogP contribution in [0.1, 0.15) is 37.0 Å². The molecule has 2 aromatic heterocycles. The molecule has 0 radical (unpaired) electrons. The first kappa shape index (κ1) is 26.3. The summed E-state index contributed by atoms with van der Waals surface area (Å²) in [4.78, 5) is 9.43. The lowest BCUT2D eigenvalue weighted by molar-refractivity contribution is 0.103. The SMILES string of the molecule is COc1cccc(OC)c1-n1c(CS(=O)(=O)[C@H]2C[C@@H](O)CN(c3ncc(F)cn3)C2)nnc1[C@@H]1CCCO1. The zero-order valence-corrected chi connectivity index (χ0v) is 21.8. The molecule has 2 fully saturated rings. The summed E-state index contributed by atoms with van der Waals surface area (Å²) in [5.74, 6) is 0.619. The Morgan fingerprint density at radius 2 is 1.84 bits per heavy atom. The number of nitrogens with zero attached hydrogens (tertiary/aromatic N) is 6. The lowest BCUT2D eigenvalue weighted by atomic mass is 10.1. The number of methoxy groups -OCH3 is 2. The third-order valence-electron chi connectivity index (χ3n) is 6.72. The lowest BCUT2D eigenvalue weighted by Gasteiger charge is -2.35. The molecule has 5 rings (SSSR count). The molecule has 0 aliphatic carbocycles. The number of anilines is 1. The average molecular weight is 549 g/mol. The van der Waals surface area contributed by atoms with Crippen LogP contribution >= 0.6 is 0 Å². The summed E-state index contributed by atoms with van der Waals surface area (Å²) >= 11 is 0. The minimum atomic E-state index is -3.88. The van der Waals surface area contributed by atoms with Gasteiger partial charge < -0.3 is 24.2 Å². The number of β-amino-alcohol motifs (C(OH)–C–C–N with tert-alkyl or cyclic N) is 1. The fourth-order valence-corrected chi connectivity index (χ4v) is 6.63. The molecule has 1 aromatic carbocycles. The van der Waals surface area contributed by atoms with Gasteiger partial charge in [-0.15, -0.1) is 10.2 Å². The minimum absolute atomic E-state index is 0.0325. The van der Waals surface area contributed by atoms with E-state index < -0.39 is 32.8 Å². The number of aliphatic hydroxyl groups excluding tert-OH is 1. The second-order valence-electron chi connectivity index (χ2n) is 9.25. The van der Waals surface area contributed by atoms with Gasteiger partial charge in [0.05, 0.1) is 38.0 Å². The Morgan fingerprint density at radius 3 is 2.47 bits per heavy atom. The van der Waals surface area contributed by atoms with Crippen molar-refractivity contribution in [3.8, 4) is 17.2 Å². The molecule has 204 valence electrons. The number of hydrogen-bond donors (Lipinski definition) is 1. The maximum Gasteiger partial charge on any atom is 0.225 e. The van der Waals surface area contributed by atoms with Gasteiger partial charge in [-0.2, -0.15) is 0 Å². The normalized spacial score (nSPS) is 22.0. The van der Waals surface area contributed by atoms with Crippen molar-refractivity contribution in [2.75, 3.05) is 38.8 Å². The molecule has 14 heteroatoms. The summed E-state index contributed by atoms with van der Waals surface area (Å²) in [5, 5.41) is 18.2.